The van der Waals surface area contributed by atoms with E-state index in [0.29, 0.717) is 0 Å². The number of rotatable bonds is 1. The van der Waals surface area contributed by atoms with Gasteiger partial charge in [0, 0.05) is 5.56 Å². The Morgan fingerprint density at radius 3 is 2.36 bits per heavy atom. The van der Waals surface area contributed by atoms with Crippen molar-refractivity contribution >= 4 is 22.8 Å². The van der Waals surface area contributed by atoms with E-state index in [9.17, 15) is 4.79 Å². The SMILES string of the molecule is Br.CC(=O)c1cccc(C)c1. The van der Waals surface area contributed by atoms with E-state index >= 15 is 0 Å². The molecule has 60 valence electrons. The van der Waals surface area contributed by atoms with Crippen molar-refractivity contribution in [1.82, 2.24) is 0 Å². The van der Waals surface area contributed by atoms with Crippen molar-refractivity contribution in [3.63, 3.8) is 0 Å². The first kappa shape index (κ1) is 10.4. The quantitative estimate of drug-likeness (QED) is 0.658. The van der Waals surface area contributed by atoms with Gasteiger partial charge in [0.05, 0.1) is 0 Å². The highest BCUT2D eigenvalue weighted by atomic mass is 79.9. The summed E-state index contributed by atoms with van der Waals surface area (Å²) in [6.07, 6.45) is 0. The van der Waals surface area contributed by atoms with Crippen molar-refractivity contribution < 1.29 is 4.79 Å². The Morgan fingerprint density at radius 1 is 1.36 bits per heavy atom. The van der Waals surface area contributed by atoms with E-state index in [-0.39, 0.29) is 22.8 Å². The molecule has 0 aliphatic rings. The first-order valence-corrected chi connectivity index (χ1v) is 3.28. The molecule has 0 N–H and O–H groups in total. The summed E-state index contributed by atoms with van der Waals surface area (Å²) in [5.74, 6) is 0.128. The molecule has 1 rings (SSSR count). The second-order valence-electron chi connectivity index (χ2n) is 2.43. The van der Waals surface area contributed by atoms with Crippen LogP contribution in [0.15, 0.2) is 24.3 Å². The van der Waals surface area contributed by atoms with Gasteiger partial charge in [-0.05, 0) is 19.9 Å². The van der Waals surface area contributed by atoms with Gasteiger partial charge in [0.25, 0.3) is 0 Å². The number of aryl methyl sites for hydroxylation is 1. The highest BCUT2D eigenvalue weighted by Gasteiger charge is 1.95. The number of carbonyl (C=O) groups is 1. The molecule has 2 heteroatoms. The van der Waals surface area contributed by atoms with Crippen LogP contribution in [-0.4, -0.2) is 5.78 Å². The van der Waals surface area contributed by atoms with Crippen LogP contribution in [0.4, 0.5) is 0 Å². The molecular weight excluding hydrogens is 204 g/mol. The molecule has 0 heterocycles. The number of halogens is 1. The third kappa shape index (κ3) is 2.85. The number of Topliss-reactive ketones (excluding diaryl/α,β-unsaturated/α-hetero) is 1. The third-order valence-electron chi connectivity index (χ3n) is 1.42. The Hall–Kier alpha value is -0.630. The number of benzene rings is 1. The van der Waals surface area contributed by atoms with Gasteiger partial charge in [-0.25, -0.2) is 0 Å². The maximum absolute atomic E-state index is 10.8. The van der Waals surface area contributed by atoms with Gasteiger partial charge in [-0.15, -0.1) is 17.0 Å². The molecule has 0 atom stereocenters. The lowest BCUT2D eigenvalue weighted by molar-refractivity contribution is 0.101. The zero-order valence-corrected chi connectivity index (χ0v) is 8.34. The van der Waals surface area contributed by atoms with Gasteiger partial charge in [0.15, 0.2) is 5.78 Å². The zero-order chi connectivity index (χ0) is 7.56. The molecule has 0 amide bonds. The lowest BCUT2D eigenvalue weighted by Gasteiger charge is -1.94. The van der Waals surface area contributed by atoms with E-state index < -0.39 is 0 Å². The van der Waals surface area contributed by atoms with Crippen LogP contribution >= 0.6 is 17.0 Å². The zero-order valence-electron chi connectivity index (χ0n) is 6.63. The van der Waals surface area contributed by atoms with Crippen LogP contribution in [0, 0.1) is 6.92 Å². The van der Waals surface area contributed by atoms with E-state index in [2.05, 4.69) is 0 Å². The molecule has 0 bridgehead atoms. The Bertz CT molecular complexity index is 255. The maximum Gasteiger partial charge on any atom is 0.159 e. The first-order chi connectivity index (χ1) is 4.70. The highest BCUT2D eigenvalue weighted by molar-refractivity contribution is 8.93. The Kier molecular flexibility index (Phi) is 4.04. The van der Waals surface area contributed by atoms with Crippen molar-refractivity contribution in [2.45, 2.75) is 13.8 Å². The van der Waals surface area contributed by atoms with Crippen molar-refractivity contribution in [3.05, 3.63) is 35.4 Å². The van der Waals surface area contributed by atoms with E-state index in [1.807, 2.05) is 31.2 Å². The monoisotopic (exact) mass is 214 g/mol. The Labute approximate surface area is 77.2 Å². The van der Waals surface area contributed by atoms with Gasteiger partial charge >= 0.3 is 0 Å². The van der Waals surface area contributed by atoms with Crippen LogP contribution in [-0.2, 0) is 0 Å². The van der Waals surface area contributed by atoms with Crippen LogP contribution < -0.4 is 0 Å². The molecular formula is C9H11BrO. The standard InChI is InChI=1S/C9H10O.BrH/c1-7-4-3-5-9(6-7)8(2)10;/h3-6H,1-2H3;1H. The predicted molar refractivity (Wildman–Crippen MR) is 51.5 cm³/mol. The second-order valence-corrected chi connectivity index (χ2v) is 2.43. The van der Waals surface area contributed by atoms with E-state index in [1.165, 1.54) is 0 Å². The minimum atomic E-state index is 0. The fourth-order valence-electron chi connectivity index (χ4n) is 0.864. The number of ketones is 1. The summed E-state index contributed by atoms with van der Waals surface area (Å²) >= 11 is 0. The number of hydrogen-bond donors (Lipinski definition) is 0. The molecule has 0 aliphatic heterocycles. The van der Waals surface area contributed by atoms with E-state index in [0.717, 1.165) is 11.1 Å². The van der Waals surface area contributed by atoms with Crippen molar-refractivity contribution in [1.29, 1.82) is 0 Å². The van der Waals surface area contributed by atoms with Gasteiger partial charge in [0.1, 0.15) is 0 Å². The average molecular weight is 215 g/mol. The summed E-state index contributed by atoms with van der Waals surface area (Å²) in [7, 11) is 0. The average Bonchev–Trinajstić information content (AvgIpc) is 1.88. The molecule has 1 aromatic rings. The Balaban J connectivity index is 0.000001000. The fraction of sp³-hybridized carbons (Fsp3) is 0.222. The number of hydrogen-bond acceptors (Lipinski definition) is 1. The molecule has 1 aromatic carbocycles. The second kappa shape index (κ2) is 4.29. The Morgan fingerprint density at radius 2 is 2.00 bits per heavy atom. The van der Waals surface area contributed by atoms with E-state index in [4.69, 9.17) is 0 Å². The molecule has 1 nitrogen and oxygen atoms in total. The van der Waals surface area contributed by atoms with Gasteiger partial charge in [0.2, 0.25) is 0 Å². The minimum Gasteiger partial charge on any atom is -0.295 e. The summed E-state index contributed by atoms with van der Waals surface area (Å²) in [5.41, 5.74) is 1.92. The van der Waals surface area contributed by atoms with Gasteiger partial charge < -0.3 is 0 Å². The summed E-state index contributed by atoms with van der Waals surface area (Å²) in [4.78, 5) is 10.8. The van der Waals surface area contributed by atoms with Crippen LogP contribution in [0.2, 0.25) is 0 Å². The maximum atomic E-state index is 10.8. The van der Waals surface area contributed by atoms with Crippen LogP contribution in [0.1, 0.15) is 22.8 Å². The van der Waals surface area contributed by atoms with Gasteiger partial charge in [-0.3, -0.25) is 4.79 Å². The third-order valence-corrected chi connectivity index (χ3v) is 1.42. The summed E-state index contributed by atoms with van der Waals surface area (Å²) < 4.78 is 0. The molecule has 11 heavy (non-hydrogen) atoms. The molecule has 0 aliphatic carbocycles. The first-order valence-electron chi connectivity index (χ1n) is 3.28. The molecule has 0 spiro atoms. The van der Waals surface area contributed by atoms with Crippen LogP contribution in [0.5, 0.6) is 0 Å². The van der Waals surface area contributed by atoms with E-state index in [1.54, 1.807) is 6.92 Å². The fourth-order valence-corrected chi connectivity index (χ4v) is 0.864. The van der Waals surface area contributed by atoms with Crippen molar-refractivity contribution in [2.24, 2.45) is 0 Å². The van der Waals surface area contributed by atoms with Crippen molar-refractivity contribution in [3.8, 4) is 0 Å². The summed E-state index contributed by atoms with van der Waals surface area (Å²) in [6, 6.07) is 7.59. The van der Waals surface area contributed by atoms with Gasteiger partial charge in [-0.1, -0.05) is 23.8 Å². The largest absolute Gasteiger partial charge is 0.295 e. The molecule has 0 saturated heterocycles. The lowest BCUT2D eigenvalue weighted by Crippen LogP contribution is -1.90. The summed E-state index contributed by atoms with van der Waals surface area (Å²) in [6.45, 7) is 3.56. The van der Waals surface area contributed by atoms with Gasteiger partial charge in [-0.2, -0.15) is 0 Å². The number of carbonyl (C=O) groups excluding carboxylic acids is 1. The molecule has 0 saturated carbocycles. The smallest absolute Gasteiger partial charge is 0.159 e. The minimum absolute atomic E-state index is 0. The molecule has 0 unspecified atom stereocenters. The highest BCUT2D eigenvalue weighted by Crippen LogP contribution is 2.03. The normalized spacial score (nSPS) is 8.55. The van der Waals surface area contributed by atoms with Crippen molar-refractivity contribution in [2.75, 3.05) is 0 Å². The molecule has 0 aromatic heterocycles. The van der Waals surface area contributed by atoms with Crippen LogP contribution in [0.25, 0.3) is 0 Å². The topological polar surface area (TPSA) is 17.1 Å². The molecule has 0 radical (unpaired) electrons. The molecule has 0 fully saturated rings. The van der Waals surface area contributed by atoms with Crippen LogP contribution in [0.3, 0.4) is 0 Å². The lowest BCUT2D eigenvalue weighted by atomic mass is 10.1. The predicted octanol–water partition coefficient (Wildman–Crippen LogP) is 2.78. The summed E-state index contributed by atoms with van der Waals surface area (Å²) in [5, 5.41) is 0.